The summed E-state index contributed by atoms with van der Waals surface area (Å²) < 4.78 is 1.02. The minimum Gasteiger partial charge on any atom is -0.397 e. The fourth-order valence-electron chi connectivity index (χ4n) is 2.56. The number of likely N-dealkylation sites (tertiary alicyclic amines) is 1. The van der Waals surface area contributed by atoms with E-state index >= 15 is 0 Å². The summed E-state index contributed by atoms with van der Waals surface area (Å²) in [6, 6.07) is 0. The molecule has 0 saturated carbocycles. The molecule has 1 saturated heterocycles. The maximum atomic E-state index is 5.87. The summed E-state index contributed by atoms with van der Waals surface area (Å²) in [5.74, 6) is 1.75. The quantitative estimate of drug-likeness (QED) is 0.927. The van der Waals surface area contributed by atoms with Gasteiger partial charge in [0.15, 0.2) is 0 Å². The third-order valence-corrected chi connectivity index (χ3v) is 4.97. The molecule has 106 valence electrons. The third kappa shape index (κ3) is 3.39. The molecule has 5 heteroatoms. The van der Waals surface area contributed by atoms with Crippen LogP contribution in [0.1, 0.15) is 18.4 Å². The Morgan fingerprint density at radius 1 is 1.47 bits per heavy atom. The molecule has 0 aromatic carbocycles. The number of rotatable bonds is 3. The minimum atomic E-state index is 0.739. The molecule has 2 heterocycles. The van der Waals surface area contributed by atoms with Crippen LogP contribution in [0.3, 0.4) is 0 Å². The van der Waals surface area contributed by atoms with E-state index in [0.29, 0.717) is 0 Å². The average Bonchev–Trinajstić information content (AvgIpc) is 2.39. The summed E-state index contributed by atoms with van der Waals surface area (Å²) in [5, 5.41) is 0. The van der Waals surface area contributed by atoms with Gasteiger partial charge >= 0.3 is 0 Å². The van der Waals surface area contributed by atoms with E-state index in [4.69, 9.17) is 5.73 Å². The summed E-state index contributed by atoms with van der Waals surface area (Å²) in [6.45, 7) is 5.48. The molecule has 0 radical (unpaired) electrons. The number of hydrogen-bond acceptors (Lipinski definition) is 4. The summed E-state index contributed by atoms with van der Waals surface area (Å²) in [6.07, 6.45) is 4.29. The standard InChI is InChI=1S/C14H23BrN4/c1-10-12(16)8-17-14(13(10)15)19(3)9-11-4-6-18(2)7-5-11/h8,11H,4-7,9,16H2,1-3H3. The van der Waals surface area contributed by atoms with Crippen LogP contribution in [-0.4, -0.2) is 43.6 Å². The van der Waals surface area contributed by atoms with Crippen LogP contribution in [-0.2, 0) is 0 Å². The predicted octanol–water partition coefficient (Wildman–Crippen LogP) is 2.51. The summed E-state index contributed by atoms with van der Waals surface area (Å²) in [5.41, 5.74) is 7.68. The maximum Gasteiger partial charge on any atom is 0.143 e. The monoisotopic (exact) mass is 326 g/mol. The number of anilines is 2. The zero-order chi connectivity index (χ0) is 14.0. The zero-order valence-electron chi connectivity index (χ0n) is 12.0. The second kappa shape index (κ2) is 6.09. The van der Waals surface area contributed by atoms with Crippen LogP contribution in [0, 0.1) is 12.8 Å². The van der Waals surface area contributed by atoms with Crippen LogP contribution < -0.4 is 10.6 Å². The molecule has 1 aliphatic heterocycles. The van der Waals surface area contributed by atoms with Gasteiger partial charge in [-0.3, -0.25) is 0 Å². The molecule has 1 aromatic rings. The van der Waals surface area contributed by atoms with Gasteiger partial charge in [0.25, 0.3) is 0 Å². The molecule has 2 N–H and O–H groups in total. The molecule has 1 aromatic heterocycles. The van der Waals surface area contributed by atoms with E-state index < -0.39 is 0 Å². The number of nitrogens with two attached hydrogens (primary N) is 1. The molecular weight excluding hydrogens is 304 g/mol. The molecule has 0 bridgehead atoms. The Bertz CT molecular complexity index is 441. The SMILES string of the molecule is Cc1c(N)cnc(N(C)CC2CCN(C)CC2)c1Br. The number of halogens is 1. The van der Waals surface area contributed by atoms with Crippen LogP contribution >= 0.6 is 15.9 Å². The van der Waals surface area contributed by atoms with Crippen LogP contribution in [0.25, 0.3) is 0 Å². The van der Waals surface area contributed by atoms with E-state index in [1.807, 2.05) is 6.92 Å². The van der Waals surface area contributed by atoms with Gasteiger partial charge in [0.05, 0.1) is 16.4 Å². The van der Waals surface area contributed by atoms with Crippen molar-refractivity contribution in [1.82, 2.24) is 9.88 Å². The minimum absolute atomic E-state index is 0.739. The lowest BCUT2D eigenvalue weighted by molar-refractivity contribution is 0.222. The Kier molecular flexibility index (Phi) is 4.68. The van der Waals surface area contributed by atoms with Crippen LogP contribution in [0.5, 0.6) is 0 Å². The molecule has 0 spiro atoms. The summed E-state index contributed by atoms with van der Waals surface area (Å²) in [4.78, 5) is 9.11. The summed E-state index contributed by atoms with van der Waals surface area (Å²) >= 11 is 3.61. The van der Waals surface area contributed by atoms with Crippen molar-refractivity contribution in [1.29, 1.82) is 0 Å². The van der Waals surface area contributed by atoms with Gasteiger partial charge in [-0.15, -0.1) is 0 Å². The second-order valence-corrected chi connectivity index (χ2v) is 6.40. The Hall–Kier alpha value is -0.810. The van der Waals surface area contributed by atoms with Crippen molar-refractivity contribution in [3.8, 4) is 0 Å². The van der Waals surface area contributed by atoms with E-state index in [1.165, 1.54) is 25.9 Å². The molecule has 0 atom stereocenters. The van der Waals surface area contributed by atoms with E-state index in [1.54, 1.807) is 6.20 Å². The Morgan fingerprint density at radius 2 is 2.11 bits per heavy atom. The van der Waals surface area contributed by atoms with Gasteiger partial charge in [0.2, 0.25) is 0 Å². The van der Waals surface area contributed by atoms with Crippen LogP contribution in [0.15, 0.2) is 10.7 Å². The van der Waals surface area contributed by atoms with Gasteiger partial charge in [-0.05, 0) is 67.3 Å². The first kappa shape index (κ1) is 14.6. The fraction of sp³-hybridized carbons (Fsp3) is 0.643. The van der Waals surface area contributed by atoms with Crippen LogP contribution in [0.2, 0.25) is 0 Å². The first-order valence-electron chi connectivity index (χ1n) is 6.79. The molecule has 1 fully saturated rings. The van der Waals surface area contributed by atoms with Gasteiger partial charge in [0, 0.05) is 13.6 Å². The Labute approximate surface area is 124 Å². The van der Waals surface area contributed by atoms with Crippen molar-refractivity contribution < 1.29 is 0 Å². The summed E-state index contributed by atoms with van der Waals surface area (Å²) in [7, 11) is 4.31. The number of nitrogens with zero attached hydrogens (tertiary/aromatic N) is 3. The lowest BCUT2D eigenvalue weighted by Crippen LogP contribution is -2.36. The van der Waals surface area contributed by atoms with Gasteiger partial charge < -0.3 is 15.5 Å². The number of nitrogen functional groups attached to an aromatic ring is 1. The topological polar surface area (TPSA) is 45.4 Å². The molecule has 0 unspecified atom stereocenters. The maximum absolute atomic E-state index is 5.87. The molecule has 1 aliphatic rings. The largest absolute Gasteiger partial charge is 0.397 e. The highest BCUT2D eigenvalue weighted by Crippen LogP contribution is 2.30. The number of aromatic nitrogens is 1. The first-order chi connectivity index (χ1) is 8.99. The predicted molar refractivity (Wildman–Crippen MR) is 84.6 cm³/mol. The lowest BCUT2D eigenvalue weighted by Gasteiger charge is -2.32. The van der Waals surface area contributed by atoms with Crippen molar-refractivity contribution in [2.45, 2.75) is 19.8 Å². The number of hydrogen-bond donors (Lipinski definition) is 1. The lowest BCUT2D eigenvalue weighted by atomic mass is 9.97. The Morgan fingerprint density at radius 3 is 2.74 bits per heavy atom. The smallest absolute Gasteiger partial charge is 0.143 e. The molecule has 0 aliphatic carbocycles. The third-order valence-electron chi connectivity index (χ3n) is 4.02. The van der Waals surface area contributed by atoms with Gasteiger partial charge in [-0.2, -0.15) is 0 Å². The molecule has 19 heavy (non-hydrogen) atoms. The zero-order valence-corrected chi connectivity index (χ0v) is 13.6. The highest BCUT2D eigenvalue weighted by Gasteiger charge is 2.20. The van der Waals surface area contributed by atoms with Gasteiger partial charge in [0.1, 0.15) is 5.82 Å². The second-order valence-electron chi connectivity index (χ2n) is 5.60. The van der Waals surface area contributed by atoms with E-state index in [2.05, 4.69) is 44.8 Å². The van der Waals surface area contributed by atoms with E-state index in [0.717, 1.165) is 34.0 Å². The molecule has 2 rings (SSSR count). The van der Waals surface area contributed by atoms with Gasteiger partial charge in [-0.25, -0.2) is 4.98 Å². The van der Waals surface area contributed by atoms with Crippen molar-refractivity contribution >= 4 is 27.4 Å². The van der Waals surface area contributed by atoms with Gasteiger partial charge in [-0.1, -0.05) is 0 Å². The van der Waals surface area contributed by atoms with Crippen molar-refractivity contribution in [3.63, 3.8) is 0 Å². The highest BCUT2D eigenvalue weighted by molar-refractivity contribution is 9.10. The number of pyridine rings is 1. The van der Waals surface area contributed by atoms with Crippen molar-refractivity contribution in [3.05, 3.63) is 16.2 Å². The molecule has 4 nitrogen and oxygen atoms in total. The van der Waals surface area contributed by atoms with E-state index in [-0.39, 0.29) is 0 Å². The fourth-order valence-corrected chi connectivity index (χ4v) is 3.20. The van der Waals surface area contributed by atoms with E-state index in [9.17, 15) is 0 Å². The number of piperidine rings is 1. The van der Waals surface area contributed by atoms with Crippen LogP contribution in [0.4, 0.5) is 11.5 Å². The first-order valence-corrected chi connectivity index (χ1v) is 7.58. The van der Waals surface area contributed by atoms with Crippen molar-refractivity contribution in [2.24, 2.45) is 5.92 Å². The normalized spacial score (nSPS) is 17.7. The highest BCUT2D eigenvalue weighted by atomic mass is 79.9. The molecular formula is C14H23BrN4. The molecule has 0 amide bonds. The Balaban J connectivity index is 2.04. The van der Waals surface area contributed by atoms with Crippen molar-refractivity contribution in [2.75, 3.05) is 44.4 Å². The average molecular weight is 327 g/mol.